The molecule has 0 unspecified atom stereocenters. The molecule has 0 spiro atoms. The number of amidine groups is 1. The maximum Gasteiger partial charge on any atom is 0.207 e. The lowest BCUT2D eigenvalue weighted by Gasteiger charge is -2.27. The predicted octanol–water partition coefficient (Wildman–Crippen LogP) is 6.08. The standard InChI is InChI=1S/C32H36N4O4/c1-22(39-18-15-23-11-14-29(37-2)30(20-23)38-3)34-31(35-32(33)36-16-7-4-8-17-36)21-24-12-13-28-26(19-24)25-9-5-6-10-27(25)40-28/h5-6,9-14,19-20H,1,4,7-8,15-18,21H2,2-3H3,(H2,33,34,35). The van der Waals surface area contributed by atoms with Crippen LogP contribution in [0.2, 0.25) is 0 Å². The minimum absolute atomic E-state index is 0.292. The summed E-state index contributed by atoms with van der Waals surface area (Å²) < 4.78 is 22.6. The van der Waals surface area contributed by atoms with E-state index in [4.69, 9.17) is 29.4 Å². The summed E-state index contributed by atoms with van der Waals surface area (Å²) in [6, 6.07) is 20.0. The van der Waals surface area contributed by atoms with E-state index in [9.17, 15) is 0 Å². The number of benzene rings is 3. The van der Waals surface area contributed by atoms with Crippen LogP contribution >= 0.6 is 0 Å². The summed E-state index contributed by atoms with van der Waals surface area (Å²) in [5, 5.41) is 2.14. The second kappa shape index (κ2) is 12.6. The van der Waals surface area contributed by atoms with Gasteiger partial charge < -0.3 is 29.3 Å². The van der Waals surface area contributed by atoms with Crippen molar-refractivity contribution in [2.24, 2.45) is 15.7 Å². The topological polar surface area (TPSA) is 94.8 Å². The van der Waals surface area contributed by atoms with Crippen LogP contribution in [0, 0.1) is 0 Å². The van der Waals surface area contributed by atoms with Crippen LogP contribution in [-0.2, 0) is 17.6 Å². The van der Waals surface area contributed by atoms with Gasteiger partial charge in [-0.25, -0.2) is 0 Å². The molecule has 40 heavy (non-hydrogen) atoms. The lowest BCUT2D eigenvalue weighted by molar-refractivity contribution is 0.215. The van der Waals surface area contributed by atoms with Gasteiger partial charge in [-0.3, -0.25) is 0 Å². The first kappa shape index (κ1) is 27.1. The van der Waals surface area contributed by atoms with E-state index in [1.807, 2.05) is 48.5 Å². The fourth-order valence-electron chi connectivity index (χ4n) is 4.99. The summed E-state index contributed by atoms with van der Waals surface area (Å²) in [7, 11) is 3.25. The zero-order valence-electron chi connectivity index (χ0n) is 23.2. The molecule has 1 aliphatic heterocycles. The number of furan rings is 1. The molecular formula is C32H36N4O4. The molecule has 0 bridgehead atoms. The number of piperidine rings is 1. The van der Waals surface area contributed by atoms with E-state index < -0.39 is 0 Å². The highest BCUT2D eigenvalue weighted by atomic mass is 16.5. The van der Waals surface area contributed by atoms with Gasteiger partial charge in [-0.15, -0.1) is 0 Å². The molecule has 1 saturated heterocycles. The first-order valence-corrected chi connectivity index (χ1v) is 13.6. The Hall–Kier alpha value is -4.46. The van der Waals surface area contributed by atoms with Gasteiger partial charge in [-0.05, 0) is 67.3 Å². The summed E-state index contributed by atoms with van der Waals surface area (Å²) >= 11 is 0. The van der Waals surface area contributed by atoms with E-state index in [0.717, 1.165) is 59.0 Å². The van der Waals surface area contributed by atoms with E-state index in [1.165, 1.54) is 6.42 Å². The number of ether oxygens (including phenoxy) is 3. The van der Waals surface area contributed by atoms with Crippen LogP contribution in [0.15, 0.2) is 87.5 Å². The monoisotopic (exact) mass is 540 g/mol. The van der Waals surface area contributed by atoms with Gasteiger partial charge in [0.2, 0.25) is 5.88 Å². The number of nitrogens with two attached hydrogens (primary N) is 1. The molecule has 0 amide bonds. The van der Waals surface area contributed by atoms with Crippen LogP contribution < -0.4 is 15.2 Å². The minimum atomic E-state index is 0.292. The molecule has 8 nitrogen and oxygen atoms in total. The van der Waals surface area contributed by atoms with Gasteiger partial charge in [-0.1, -0.05) is 30.3 Å². The van der Waals surface area contributed by atoms with Crippen molar-refractivity contribution in [3.05, 3.63) is 84.3 Å². The Kier molecular flexibility index (Phi) is 8.54. The van der Waals surface area contributed by atoms with E-state index in [0.29, 0.717) is 48.6 Å². The molecule has 5 rings (SSSR count). The Morgan fingerprint density at radius 2 is 1.62 bits per heavy atom. The molecule has 1 aromatic heterocycles. The third kappa shape index (κ3) is 6.39. The lowest BCUT2D eigenvalue weighted by Crippen LogP contribution is -2.41. The Morgan fingerprint density at radius 3 is 2.42 bits per heavy atom. The average Bonchev–Trinajstić information content (AvgIpc) is 3.35. The molecule has 4 aromatic rings. The number of para-hydroxylation sites is 1. The SMILES string of the molecule is C=C(N=C(Cc1ccc2oc3ccccc3c2c1)N=C(N)N1CCCCC1)OCCc1ccc(OC)c(OC)c1. The molecule has 2 N–H and O–H groups in total. The highest BCUT2D eigenvalue weighted by Gasteiger charge is 2.15. The molecular weight excluding hydrogens is 504 g/mol. The van der Waals surface area contributed by atoms with E-state index in [-0.39, 0.29) is 0 Å². The second-order valence-electron chi connectivity index (χ2n) is 9.83. The number of hydrogen-bond acceptors (Lipinski definition) is 5. The fraction of sp³-hybridized carbons (Fsp3) is 0.312. The van der Waals surface area contributed by atoms with Crippen molar-refractivity contribution in [1.82, 2.24) is 4.90 Å². The largest absolute Gasteiger partial charge is 0.493 e. The first-order valence-electron chi connectivity index (χ1n) is 13.6. The van der Waals surface area contributed by atoms with E-state index >= 15 is 0 Å². The molecule has 1 aliphatic rings. The highest BCUT2D eigenvalue weighted by Crippen LogP contribution is 2.30. The van der Waals surface area contributed by atoms with Crippen LogP contribution in [0.3, 0.4) is 0 Å². The van der Waals surface area contributed by atoms with Crippen molar-refractivity contribution < 1.29 is 18.6 Å². The van der Waals surface area contributed by atoms with Gasteiger partial charge in [0.25, 0.3) is 0 Å². The number of aliphatic imine (C=N–C) groups is 2. The summed E-state index contributed by atoms with van der Waals surface area (Å²) in [6.45, 7) is 6.25. The third-order valence-corrected chi connectivity index (χ3v) is 7.09. The summed E-state index contributed by atoms with van der Waals surface area (Å²) in [5.41, 5.74) is 10.3. The lowest BCUT2D eigenvalue weighted by atomic mass is 10.1. The Balaban J connectivity index is 1.34. The molecule has 0 saturated carbocycles. The van der Waals surface area contributed by atoms with Crippen LogP contribution in [-0.4, -0.2) is 50.6 Å². The number of rotatable bonds is 9. The number of fused-ring (bicyclic) bond motifs is 3. The number of guanidine groups is 1. The van der Waals surface area contributed by atoms with Crippen LogP contribution in [0.25, 0.3) is 21.9 Å². The minimum Gasteiger partial charge on any atom is -0.493 e. The predicted molar refractivity (Wildman–Crippen MR) is 160 cm³/mol. The fourth-order valence-corrected chi connectivity index (χ4v) is 4.99. The van der Waals surface area contributed by atoms with Crippen molar-refractivity contribution in [1.29, 1.82) is 0 Å². The third-order valence-electron chi connectivity index (χ3n) is 7.09. The highest BCUT2D eigenvalue weighted by molar-refractivity contribution is 6.05. The molecule has 0 atom stereocenters. The molecule has 0 radical (unpaired) electrons. The van der Waals surface area contributed by atoms with Crippen molar-refractivity contribution in [3.8, 4) is 11.5 Å². The number of likely N-dealkylation sites (tertiary alicyclic amines) is 1. The quantitative estimate of drug-likeness (QED) is 0.157. The Bertz CT molecular complexity index is 1550. The van der Waals surface area contributed by atoms with E-state index in [1.54, 1.807) is 14.2 Å². The van der Waals surface area contributed by atoms with Crippen molar-refractivity contribution >= 4 is 33.7 Å². The van der Waals surface area contributed by atoms with Gasteiger partial charge >= 0.3 is 0 Å². The van der Waals surface area contributed by atoms with Gasteiger partial charge in [0.1, 0.15) is 17.0 Å². The van der Waals surface area contributed by atoms with Crippen molar-refractivity contribution in [2.75, 3.05) is 33.9 Å². The maximum atomic E-state index is 6.44. The zero-order chi connectivity index (χ0) is 27.9. The van der Waals surface area contributed by atoms with Crippen LogP contribution in [0.5, 0.6) is 11.5 Å². The molecule has 3 aromatic carbocycles. The van der Waals surface area contributed by atoms with Gasteiger partial charge in [0.05, 0.1) is 20.8 Å². The number of nitrogens with zero attached hydrogens (tertiary/aromatic N) is 3. The second-order valence-corrected chi connectivity index (χ2v) is 9.83. The molecule has 0 aliphatic carbocycles. The van der Waals surface area contributed by atoms with Crippen LogP contribution in [0.1, 0.15) is 30.4 Å². The van der Waals surface area contributed by atoms with E-state index in [2.05, 4.69) is 28.6 Å². The first-order chi connectivity index (χ1) is 19.5. The average molecular weight is 541 g/mol. The number of hydrogen-bond donors (Lipinski definition) is 1. The summed E-state index contributed by atoms with van der Waals surface area (Å²) in [6.07, 6.45) is 4.57. The zero-order valence-corrected chi connectivity index (χ0v) is 23.2. The normalized spacial score (nSPS) is 14.5. The molecule has 1 fully saturated rings. The molecule has 2 heterocycles. The number of methoxy groups -OCH3 is 2. The molecule has 8 heteroatoms. The van der Waals surface area contributed by atoms with Crippen LogP contribution in [0.4, 0.5) is 0 Å². The summed E-state index contributed by atoms with van der Waals surface area (Å²) in [5.74, 6) is 2.69. The smallest absolute Gasteiger partial charge is 0.207 e. The molecule has 208 valence electrons. The van der Waals surface area contributed by atoms with Crippen molar-refractivity contribution in [2.45, 2.75) is 32.1 Å². The summed E-state index contributed by atoms with van der Waals surface area (Å²) in [4.78, 5) is 11.5. The van der Waals surface area contributed by atoms with Gasteiger partial charge in [0, 0.05) is 36.7 Å². The van der Waals surface area contributed by atoms with Crippen molar-refractivity contribution in [3.63, 3.8) is 0 Å². The maximum absolute atomic E-state index is 6.44. The van der Waals surface area contributed by atoms with Gasteiger partial charge in [0.15, 0.2) is 17.5 Å². The Labute approximate surface area is 234 Å². The Morgan fingerprint density at radius 1 is 0.875 bits per heavy atom. The van der Waals surface area contributed by atoms with Gasteiger partial charge in [-0.2, -0.15) is 9.98 Å².